The Morgan fingerprint density at radius 3 is 1.70 bits per heavy atom. The highest BCUT2D eigenvalue weighted by Crippen LogP contribution is 2.28. The molecule has 2 aromatic rings. The lowest BCUT2D eigenvalue weighted by atomic mass is 10.1. The van der Waals surface area contributed by atoms with Gasteiger partial charge in [0.2, 0.25) is 0 Å². The van der Waals surface area contributed by atoms with Crippen molar-refractivity contribution in [3.63, 3.8) is 0 Å². The van der Waals surface area contributed by atoms with Gasteiger partial charge >= 0.3 is 18.2 Å². The number of rotatable bonds is 5. The van der Waals surface area contributed by atoms with E-state index in [1.807, 2.05) is 65.8 Å². The molecule has 0 spiro atoms. The molecule has 2 aromatic heterocycles. The van der Waals surface area contributed by atoms with Crippen molar-refractivity contribution in [1.82, 2.24) is 9.97 Å². The van der Waals surface area contributed by atoms with Gasteiger partial charge in [0.05, 0.1) is 18.7 Å². The smallest absolute Gasteiger partial charge is 0.416 e. The molecule has 0 saturated heterocycles. The van der Waals surface area contributed by atoms with Gasteiger partial charge in [0.1, 0.15) is 22.8 Å². The fourth-order valence-corrected chi connectivity index (χ4v) is 4.66. The van der Waals surface area contributed by atoms with E-state index in [2.05, 4.69) is 9.97 Å². The zero-order valence-corrected chi connectivity index (χ0v) is 26.6. The van der Waals surface area contributed by atoms with Gasteiger partial charge in [-0.15, -0.1) is 0 Å². The molecule has 236 valence electrons. The average Bonchev–Trinajstić information content (AvgIpc) is 2.91. The number of aryl methyl sites for hydroxylation is 2. The molecule has 0 aliphatic carbocycles. The van der Waals surface area contributed by atoms with Crippen LogP contribution in [-0.4, -0.2) is 70.7 Å². The summed E-state index contributed by atoms with van der Waals surface area (Å²) in [6, 6.07) is 7.64. The van der Waals surface area contributed by atoms with Crippen LogP contribution in [0.4, 0.5) is 21.2 Å². The first-order valence-electron chi connectivity index (χ1n) is 15.0. The summed E-state index contributed by atoms with van der Waals surface area (Å²) >= 11 is 0. The van der Waals surface area contributed by atoms with Gasteiger partial charge < -0.3 is 19.3 Å². The largest absolute Gasteiger partial charge is 0.466 e. The molecule has 0 atom stereocenters. The SMILES string of the molecule is CC(C)(C)OC(=O)N1CCCc2ccc(CCO)nc21.CCOC(=O)Cc1ccc2c(n1)N(C(=O)OC(C)(C)C)CCC2. The summed E-state index contributed by atoms with van der Waals surface area (Å²) in [4.78, 5) is 48.4. The van der Waals surface area contributed by atoms with Crippen molar-refractivity contribution in [2.45, 2.75) is 98.2 Å². The molecule has 0 bridgehead atoms. The van der Waals surface area contributed by atoms with E-state index in [9.17, 15) is 14.4 Å². The van der Waals surface area contributed by atoms with Crippen LogP contribution in [-0.2, 0) is 44.7 Å². The van der Waals surface area contributed by atoms with Crippen LogP contribution in [0.15, 0.2) is 24.3 Å². The highest BCUT2D eigenvalue weighted by Gasteiger charge is 2.30. The minimum Gasteiger partial charge on any atom is -0.466 e. The van der Waals surface area contributed by atoms with E-state index >= 15 is 0 Å². The summed E-state index contributed by atoms with van der Waals surface area (Å²) in [5, 5.41) is 9.01. The lowest BCUT2D eigenvalue weighted by molar-refractivity contribution is -0.142. The van der Waals surface area contributed by atoms with Gasteiger partial charge in [-0.05, 0) is 97.4 Å². The lowest BCUT2D eigenvalue weighted by Gasteiger charge is -2.31. The maximum absolute atomic E-state index is 12.4. The second-order valence-corrected chi connectivity index (χ2v) is 12.5. The molecular formula is C32H46N4O7. The summed E-state index contributed by atoms with van der Waals surface area (Å²) in [6.45, 7) is 14.4. The minimum atomic E-state index is -0.558. The van der Waals surface area contributed by atoms with Crippen molar-refractivity contribution >= 4 is 29.8 Å². The van der Waals surface area contributed by atoms with E-state index in [-0.39, 0.29) is 25.1 Å². The molecular weight excluding hydrogens is 552 g/mol. The number of aromatic nitrogens is 2. The van der Waals surface area contributed by atoms with Gasteiger partial charge in [-0.25, -0.2) is 19.6 Å². The topological polar surface area (TPSA) is 131 Å². The quantitative estimate of drug-likeness (QED) is 0.365. The van der Waals surface area contributed by atoms with E-state index in [0.717, 1.165) is 42.5 Å². The Hall–Kier alpha value is -3.73. The van der Waals surface area contributed by atoms with E-state index in [1.165, 1.54) is 0 Å². The summed E-state index contributed by atoms with van der Waals surface area (Å²) in [5.41, 5.74) is 2.37. The number of nitrogens with zero attached hydrogens (tertiary/aromatic N) is 4. The molecule has 0 radical (unpaired) electrons. The molecule has 4 rings (SSSR count). The number of carbonyl (C=O) groups is 3. The first-order chi connectivity index (χ1) is 20.2. The Kier molecular flexibility index (Phi) is 11.5. The second-order valence-electron chi connectivity index (χ2n) is 12.5. The zero-order chi connectivity index (χ0) is 31.8. The Morgan fingerprint density at radius 1 is 0.791 bits per heavy atom. The highest BCUT2D eigenvalue weighted by atomic mass is 16.6. The van der Waals surface area contributed by atoms with Crippen molar-refractivity contribution in [2.75, 3.05) is 36.1 Å². The van der Waals surface area contributed by atoms with E-state index in [4.69, 9.17) is 19.3 Å². The minimum absolute atomic E-state index is 0.0538. The molecule has 11 nitrogen and oxygen atoms in total. The molecule has 43 heavy (non-hydrogen) atoms. The Labute approximate surface area is 254 Å². The monoisotopic (exact) mass is 598 g/mol. The number of hydrogen-bond acceptors (Lipinski definition) is 9. The normalized spacial score (nSPS) is 14.5. The first-order valence-corrected chi connectivity index (χ1v) is 15.0. The second kappa shape index (κ2) is 14.6. The van der Waals surface area contributed by atoms with Crippen molar-refractivity contribution in [2.24, 2.45) is 0 Å². The van der Waals surface area contributed by atoms with Crippen molar-refractivity contribution in [1.29, 1.82) is 0 Å². The maximum Gasteiger partial charge on any atom is 0.416 e. The predicted octanol–water partition coefficient (Wildman–Crippen LogP) is 5.18. The van der Waals surface area contributed by atoms with Crippen LogP contribution in [0.1, 0.15) is 83.8 Å². The van der Waals surface area contributed by atoms with Crippen LogP contribution in [0, 0.1) is 0 Å². The fourth-order valence-electron chi connectivity index (χ4n) is 4.66. The fraction of sp³-hybridized carbons (Fsp3) is 0.594. The van der Waals surface area contributed by atoms with Gasteiger partial charge in [-0.1, -0.05) is 12.1 Å². The molecule has 0 aromatic carbocycles. The third-order valence-corrected chi connectivity index (χ3v) is 6.42. The van der Waals surface area contributed by atoms with Crippen LogP contribution in [0.5, 0.6) is 0 Å². The number of hydrogen-bond donors (Lipinski definition) is 1. The molecule has 0 unspecified atom stereocenters. The molecule has 11 heteroatoms. The average molecular weight is 599 g/mol. The molecule has 2 aliphatic heterocycles. The standard InChI is InChI=1S/C17H24N2O4.C15H22N2O3/c1-5-22-14(20)11-13-9-8-12-7-6-10-19(15(12)18-13)16(21)23-17(2,3)4;1-15(2,3)20-14(19)17-9-4-5-11-6-7-12(8-10-18)16-13(11)17/h8-9H,5-7,10-11H2,1-4H3;6-7,18H,4-5,8-10H2,1-3H3. The Morgan fingerprint density at radius 2 is 1.26 bits per heavy atom. The van der Waals surface area contributed by atoms with Crippen LogP contribution < -0.4 is 9.80 Å². The third-order valence-electron chi connectivity index (χ3n) is 6.42. The van der Waals surface area contributed by atoms with Crippen LogP contribution in [0.3, 0.4) is 0 Å². The highest BCUT2D eigenvalue weighted by molar-refractivity contribution is 5.89. The number of ether oxygens (including phenoxy) is 3. The molecule has 4 heterocycles. The predicted molar refractivity (Wildman–Crippen MR) is 163 cm³/mol. The number of amides is 2. The third kappa shape index (κ3) is 10.2. The molecule has 0 fully saturated rings. The molecule has 2 aliphatic rings. The number of carbonyl (C=O) groups excluding carboxylic acids is 3. The maximum atomic E-state index is 12.4. The van der Waals surface area contributed by atoms with Crippen molar-refractivity contribution < 1.29 is 33.7 Å². The van der Waals surface area contributed by atoms with E-state index in [0.29, 0.717) is 43.4 Å². The van der Waals surface area contributed by atoms with Gasteiger partial charge in [0.25, 0.3) is 0 Å². The van der Waals surface area contributed by atoms with E-state index in [1.54, 1.807) is 16.7 Å². The lowest BCUT2D eigenvalue weighted by Crippen LogP contribution is -2.40. The summed E-state index contributed by atoms with van der Waals surface area (Å²) in [5.74, 6) is 0.948. The molecule has 0 saturated carbocycles. The summed E-state index contributed by atoms with van der Waals surface area (Å²) in [7, 11) is 0. The van der Waals surface area contributed by atoms with Crippen LogP contribution in [0.25, 0.3) is 0 Å². The number of aliphatic hydroxyl groups is 1. The molecule has 2 amide bonds. The van der Waals surface area contributed by atoms with Crippen molar-refractivity contribution in [3.8, 4) is 0 Å². The summed E-state index contributed by atoms with van der Waals surface area (Å²) < 4.78 is 15.8. The van der Waals surface area contributed by atoms with Crippen LogP contribution in [0.2, 0.25) is 0 Å². The number of pyridine rings is 2. The van der Waals surface area contributed by atoms with Crippen LogP contribution >= 0.6 is 0 Å². The number of fused-ring (bicyclic) bond motifs is 2. The Bertz CT molecular complexity index is 1280. The Balaban J connectivity index is 0.000000238. The number of esters is 1. The molecule has 1 N–H and O–H groups in total. The van der Waals surface area contributed by atoms with Gasteiger partial charge in [-0.2, -0.15) is 0 Å². The van der Waals surface area contributed by atoms with Crippen molar-refractivity contribution in [3.05, 3.63) is 46.8 Å². The summed E-state index contributed by atoms with van der Waals surface area (Å²) in [6.07, 6.45) is 3.39. The van der Waals surface area contributed by atoms with Gasteiger partial charge in [0, 0.05) is 31.8 Å². The zero-order valence-electron chi connectivity index (χ0n) is 26.6. The van der Waals surface area contributed by atoms with E-state index < -0.39 is 17.3 Å². The van der Waals surface area contributed by atoms with Gasteiger partial charge in [0.15, 0.2) is 0 Å². The van der Waals surface area contributed by atoms with Gasteiger partial charge in [-0.3, -0.25) is 14.6 Å². The number of anilines is 2. The number of aliphatic hydroxyl groups excluding tert-OH is 1. The first kappa shape index (κ1) is 33.8.